The van der Waals surface area contributed by atoms with E-state index in [2.05, 4.69) is 65.6 Å². The molecule has 0 N–H and O–H groups in total. The van der Waals surface area contributed by atoms with Gasteiger partial charge in [-0.15, -0.1) is 54.1 Å². The third kappa shape index (κ3) is 5.87. The first-order valence-corrected chi connectivity index (χ1v) is 14.9. The molecule has 8 rings (SSSR count). The van der Waals surface area contributed by atoms with Gasteiger partial charge >= 0.3 is 0 Å². The summed E-state index contributed by atoms with van der Waals surface area (Å²) in [5, 5.41) is 2.00. The Labute approximate surface area is 281 Å². The van der Waals surface area contributed by atoms with Gasteiger partial charge in [-0.3, -0.25) is 9.97 Å². The molecule has 5 aromatic heterocycles. The predicted octanol–water partition coefficient (Wildman–Crippen LogP) is 9.33. The van der Waals surface area contributed by atoms with E-state index < -0.39 is 0 Å². The Morgan fingerprint density at radius 3 is 2.26 bits per heavy atom. The minimum atomic E-state index is -0.150. The Morgan fingerprint density at radius 1 is 0.717 bits per heavy atom. The SMILES string of the molecule is Cc1ccc2c(n1)oc1c(-c3nc4c(C(C)(C)C)nccc4n3-c3ccccc3)[c-]ccc12.[Ir].[c-]1ccccc1-c1ccccn1. The molecule has 6 nitrogen and oxygen atoms in total. The smallest absolute Gasteiger partial charge is 0.216 e. The van der Waals surface area contributed by atoms with Crippen LogP contribution in [-0.4, -0.2) is 24.5 Å². The quantitative estimate of drug-likeness (QED) is 0.167. The molecule has 0 saturated heterocycles. The summed E-state index contributed by atoms with van der Waals surface area (Å²) in [6.45, 7) is 8.46. The summed E-state index contributed by atoms with van der Waals surface area (Å²) in [6.07, 6.45) is 3.65. The van der Waals surface area contributed by atoms with Gasteiger partial charge in [0.2, 0.25) is 5.71 Å². The average Bonchev–Trinajstić information content (AvgIpc) is 3.64. The van der Waals surface area contributed by atoms with Gasteiger partial charge in [0.1, 0.15) is 0 Å². The second kappa shape index (κ2) is 12.8. The molecule has 0 aliphatic carbocycles. The van der Waals surface area contributed by atoms with Crippen LogP contribution in [0.2, 0.25) is 0 Å². The van der Waals surface area contributed by atoms with Gasteiger partial charge in [-0.05, 0) is 49.0 Å². The first-order chi connectivity index (χ1) is 21.9. The van der Waals surface area contributed by atoms with E-state index >= 15 is 0 Å². The van der Waals surface area contributed by atoms with E-state index in [-0.39, 0.29) is 25.5 Å². The number of nitrogens with zero attached hydrogens (tertiary/aromatic N) is 5. The zero-order chi connectivity index (χ0) is 31.0. The maximum Gasteiger partial charge on any atom is 0.216 e. The molecule has 229 valence electrons. The van der Waals surface area contributed by atoms with Gasteiger partial charge in [0.15, 0.2) is 0 Å². The van der Waals surface area contributed by atoms with Gasteiger partial charge in [-0.1, -0.05) is 62.1 Å². The van der Waals surface area contributed by atoms with Crippen LogP contribution in [0.3, 0.4) is 0 Å². The molecule has 0 atom stereocenters. The van der Waals surface area contributed by atoms with Gasteiger partial charge in [0.25, 0.3) is 0 Å². The molecule has 0 aliphatic heterocycles. The third-order valence-corrected chi connectivity index (χ3v) is 7.61. The standard InChI is InChI=1S/C28H23N4O.C11H8N.Ir/c1-17-13-14-20-19-11-8-12-21(24(19)33-27(20)30-17)26-31-23-22(15-16-29-25(23)28(2,3)4)32(26)18-9-6-5-7-10-18;1-2-6-10(7-3-1)11-8-4-5-9-12-11;/h5-11,13-16H,1-4H3;1-6,8-9H;/q2*-1;. The molecule has 0 saturated carbocycles. The van der Waals surface area contributed by atoms with Gasteiger partial charge < -0.3 is 14.0 Å². The Balaban J connectivity index is 0.000000241. The Morgan fingerprint density at radius 2 is 1.52 bits per heavy atom. The number of aromatic nitrogens is 5. The molecule has 46 heavy (non-hydrogen) atoms. The van der Waals surface area contributed by atoms with Gasteiger partial charge in [-0.25, -0.2) is 4.98 Å². The zero-order valence-electron chi connectivity index (χ0n) is 25.9. The van der Waals surface area contributed by atoms with Crippen molar-refractivity contribution in [2.75, 3.05) is 0 Å². The Hall–Kier alpha value is -4.97. The summed E-state index contributed by atoms with van der Waals surface area (Å²) < 4.78 is 8.46. The summed E-state index contributed by atoms with van der Waals surface area (Å²) in [5.74, 6) is 0.774. The molecule has 0 aliphatic rings. The largest absolute Gasteiger partial charge is 0.486 e. The van der Waals surface area contributed by atoms with Crippen LogP contribution in [0.5, 0.6) is 0 Å². The third-order valence-electron chi connectivity index (χ3n) is 7.61. The van der Waals surface area contributed by atoms with Crippen molar-refractivity contribution >= 4 is 33.1 Å². The average molecular weight is 778 g/mol. The van der Waals surface area contributed by atoms with Crippen LogP contribution in [0, 0.1) is 19.1 Å². The monoisotopic (exact) mass is 778 g/mol. The maximum atomic E-state index is 6.29. The number of imidazole rings is 1. The Bertz CT molecular complexity index is 2220. The van der Waals surface area contributed by atoms with Crippen LogP contribution in [0.25, 0.3) is 61.4 Å². The normalized spacial score (nSPS) is 11.3. The predicted molar refractivity (Wildman–Crippen MR) is 180 cm³/mol. The topological polar surface area (TPSA) is 69.6 Å². The van der Waals surface area contributed by atoms with Crippen LogP contribution in [0.4, 0.5) is 0 Å². The van der Waals surface area contributed by atoms with Crippen LogP contribution >= 0.6 is 0 Å². The summed E-state index contributed by atoms with van der Waals surface area (Å²) in [6, 6.07) is 40.6. The van der Waals surface area contributed by atoms with E-state index in [1.54, 1.807) is 6.20 Å². The fraction of sp³-hybridized carbons (Fsp3) is 0.128. The molecular weight excluding hydrogens is 747 g/mol. The number of furan rings is 1. The van der Waals surface area contributed by atoms with Crippen molar-refractivity contribution in [2.45, 2.75) is 33.1 Å². The van der Waals surface area contributed by atoms with Gasteiger partial charge in [0, 0.05) is 54.7 Å². The molecule has 0 bridgehead atoms. The zero-order valence-corrected chi connectivity index (χ0v) is 28.3. The minimum absolute atomic E-state index is 0. The first kappa shape index (κ1) is 31.0. The second-order valence-corrected chi connectivity index (χ2v) is 11.9. The van der Waals surface area contributed by atoms with E-state index in [0.29, 0.717) is 5.71 Å². The fourth-order valence-electron chi connectivity index (χ4n) is 5.51. The molecule has 7 heteroatoms. The van der Waals surface area contributed by atoms with E-state index in [9.17, 15) is 0 Å². The number of hydrogen-bond donors (Lipinski definition) is 0. The van der Waals surface area contributed by atoms with Gasteiger partial charge in [0.05, 0.1) is 28.1 Å². The minimum Gasteiger partial charge on any atom is -0.486 e. The van der Waals surface area contributed by atoms with Crippen LogP contribution in [0.1, 0.15) is 32.2 Å². The molecule has 1 radical (unpaired) electrons. The maximum absolute atomic E-state index is 6.29. The number of hydrogen-bond acceptors (Lipinski definition) is 5. The molecular formula is C39H31IrN5O-2. The number of para-hydroxylation sites is 1. The number of rotatable bonds is 3. The second-order valence-electron chi connectivity index (χ2n) is 11.9. The molecule has 8 aromatic rings. The van der Waals surface area contributed by atoms with Crippen LogP contribution in [-0.2, 0) is 25.5 Å². The van der Waals surface area contributed by atoms with E-state index in [4.69, 9.17) is 14.4 Å². The van der Waals surface area contributed by atoms with Crippen molar-refractivity contribution in [1.82, 2.24) is 24.5 Å². The summed E-state index contributed by atoms with van der Waals surface area (Å²) in [7, 11) is 0. The number of benzene rings is 3. The van der Waals surface area contributed by atoms with Crippen molar-refractivity contribution in [1.29, 1.82) is 0 Å². The van der Waals surface area contributed by atoms with Crippen molar-refractivity contribution in [3.8, 4) is 28.3 Å². The molecule has 5 heterocycles. The van der Waals surface area contributed by atoms with Gasteiger partial charge in [-0.2, -0.15) is 0 Å². The fourth-order valence-corrected chi connectivity index (χ4v) is 5.51. The van der Waals surface area contributed by atoms with E-state index in [0.717, 1.165) is 67.1 Å². The molecule has 3 aromatic carbocycles. The Kier molecular flexibility index (Phi) is 8.63. The molecule has 0 unspecified atom stereocenters. The van der Waals surface area contributed by atoms with Crippen molar-refractivity contribution in [3.63, 3.8) is 0 Å². The van der Waals surface area contributed by atoms with Crippen LogP contribution < -0.4 is 0 Å². The van der Waals surface area contributed by atoms with Crippen LogP contribution in [0.15, 0.2) is 120 Å². The van der Waals surface area contributed by atoms with Crippen molar-refractivity contribution < 1.29 is 24.5 Å². The molecule has 0 fully saturated rings. The number of fused-ring (bicyclic) bond motifs is 4. The summed E-state index contributed by atoms with van der Waals surface area (Å²) in [4.78, 5) is 18.7. The van der Waals surface area contributed by atoms with E-state index in [1.807, 2.05) is 98.0 Å². The van der Waals surface area contributed by atoms with E-state index in [1.165, 1.54) is 0 Å². The number of aryl methyl sites for hydroxylation is 1. The summed E-state index contributed by atoms with van der Waals surface area (Å²) >= 11 is 0. The van der Waals surface area contributed by atoms with Crippen molar-refractivity contribution in [3.05, 3.63) is 139 Å². The van der Waals surface area contributed by atoms with Crippen molar-refractivity contribution in [2.24, 2.45) is 0 Å². The first-order valence-electron chi connectivity index (χ1n) is 14.9. The number of pyridine rings is 3. The summed E-state index contributed by atoms with van der Waals surface area (Å²) in [5.41, 5.74) is 8.84. The molecule has 0 spiro atoms. The molecule has 0 amide bonds.